The number of aryl methyl sites for hydroxylation is 1. The van der Waals surface area contributed by atoms with Gasteiger partial charge >= 0.3 is 0 Å². The highest BCUT2D eigenvalue weighted by molar-refractivity contribution is 6.31. The summed E-state index contributed by atoms with van der Waals surface area (Å²) in [5.74, 6) is 0. The SMILES string of the molecule is CCCc1cc(N)ccc1Cl. The monoisotopic (exact) mass is 169 g/mol. The summed E-state index contributed by atoms with van der Waals surface area (Å²) < 4.78 is 0. The van der Waals surface area contributed by atoms with Crippen LogP contribution in [0.4, 0.5) is 5.69 Å². The van der Waals surface area contributed by atoms with Crippen LogP contribution in [0, 0.1) is 0 Å². The van der Waals surface area contributed by atoms with Crippen LogP contribution in [-0.4, -0.2) is 0 Å². The molecule has 2 N–H and O–H groups in total. The molecule has 60 valence electrons. The predicted octanol–water partition coefficient (Wildman–Crippen LogP) is 2.87. The number of nitrogen functional groups attached to an aromatic ring is 1. The first-order valence-corrected chi connectivity index (χ1v) is 4.15. The quantitative estimate of drug-likeness (QED) is 0.677. The molecule has 2 heteroatoms. The number of nitrogens with two attached hydrogens (primary N) is 1. The zero-order valence-electron chi connectivity index (χ0n) is 6.60. The molecule has 0 saturated heterocycles. The van der Waals surface area contributed by atoms with Crippen LogP contribution in [0.15, 0.2) is 18.2 Å². The normalized spacial score (nSPS) is 10.0. The lowest BCUT2D eigenvalue weighted by Gasteiger charge is -2.02. The largest absolute Gasteiger partial charge is 0.399 e. The Morgan fingerprint density at radius 1 is 1.45 bits per heavy atom. The van der Waals surface area contributed by atoms with E-state index >= 15 is 0 Å². The van der Waals surface area contributed by atoms with Crippen molar-refractivity contribution >= 4 is 17.3 Å². The van der Waals surface area contributed by atoms with Crippen LogP contribution in [0.25, 0.3) is 0 Å². The van der Waals surface area contributed by atoms with Crippen molar-refractivity contribution in [3.8, 4) is 0 Å². The minimum absolute atomic E-state index is 0.790. The van der Waals surface area contributed by atoms with E-state index in [0.717, 1.165) is 29.1 Å². The lowest BCUT2D eigenvalue weighted by Crippen LogP contribution is -1.89. The van der Waals surface area contributed by atoms with E-state index in [9.17, 15) is 0 Å². The summed E-state index contributed by atoms with van der Waals surface area (Å²) in [5.41, 5.74) is 7.54. The molecule has 0 aliphatic heterocycles. The maximum atomic E-state index is 5.92. The van der Waals surface area contributed by atoms with Gasteiger partial charge in [0.05, 0.1) is 0 Å². The summed E-state index contributed by atoms with van der Waals surface area (Å²) in [5, 5.41) is 0.820. The van der Waals surface area contributed by atoms with Crippen molar-refractivity contribution in [2.24, 2.45) is 0 Å². The van der Waals surface area contributed by atoms with Crippen molar-refractivity contribution in [3.63, 3.8) is 0 Å². The van der Waals surface area contributed by atoms with Gasteiger partial charge in [0.25, 0.3) is 0 Å². The molecule has 0 spiro atoms. The van der Waals surface area contributed by atoms with Gasteiger partial charge in [0.1, 0.15) is 0 Å². The smallest absolute Gasteiger partial charge is 0.0439 e. The van der Waals surface area contributed by atoms with Crippen molar-refractivity contribution in [3.05, 3.63) is 28.8 Å². The van der Waals surface area contributed by atoms with Gasteiger partial charge in [-0.2, -0.15) is 0 Å². The highest BCUT2D eigenvalue weighted by Crippen LogP contribution is 2.19. The second-order valence-electron chi connectivity index (χ2n) is 2.60. The Bertz CT molecular complexity index is 245. The van der Waals surface area contributed by atoms with Crippen molar-refractivity contribution in [2.45, 2.75) is 19.8 Å². The van der Waals surface area contributed by atoms with Crippen molar-refractivity contribution in [1.29, 1.82) is 0 Å². The number of hydrogen-bond acceptors (Lipinski definition) is 1. The molecule has 11 heavy (non-hydrogen) atoms. The van der Waals surface area contributed by atoms with Crippen LogP contribution < -0.4 is 5.73 Å². The third-order valence-corrected chi connectivity index (χ3v) is 1.96. The molecule has 0 amide bonds. The first-order valence-electron chi connectivity index (χ1n) is 3.78. The Kier molecular flexibility index (Phi) is 2.77. The molecule has 0 heterocycles. The minimum atomic E-state index is 0.790. The molecule has 0 saturated carbocycles. The van der Waals surface area contributed by atoms with E-state index in [1.54, 1.807) is 0 Å². The van der Waals surface area contributed by atoms with Gasteiger partial charge in [0, 0.05) is 10.7 Å². The molecule has 0 fully saturated rings. The number of hydrogen-bond donors (Lipinski definition) is 1. The van der Waals surface area contributed by atoms with Gasteiger partial charge < -0.3 is 5.73 Å². The fraction of sp³-hybridized carbons (Fsp3) is 0.333. The number of halogens is 1. The summed E-state index contributed by atoms with van der Waals surface area (Å²) in [6, 6.07) is 5.61. The third kappa shape index (κ3) is 2.12. The molecular weight excluding hydrogens is 158 g/mol. The molecule has 0 unspecified atom stereocenters. The van der Waals surface area contributed by atoms with Gasteiger partial charge in [-0.3, -0.25) is 0 Å². The summed E-state index contributed by atoms with van der Waals surface area (Å²) in [6.45, 7) is 2.12. The Labute approximate surface area is 72.2 Å². The highest BCUT2D eigenvalue weighted by atomic mass is 35.5. The Morgan fingerprint density at radius 3 is 2.82 bits per heavy atom. The van der Waals surface area contributed by atoms with Crippen LogP contribution in [-0.2, 0) is 6.42 Å². The first-order chi connectivity index (χ1) is 5.24. The Hall–Kier alpha value is -0.690. The molecule has 0 aliphatic carbocycles. The maximum Gasteiger partial charge on any atom is 0.0439 e. The highest BCUT2D eigenvalue weighted by Gasteiger charge is 1.98. The van der Waals surface area contributed by atoms with Gasteiger partial charge in [-0.1, -0.05) is 24.9 Å². The Morgan fingerprint density at radius 2 is 2.18 bits per heavy atom. The van der Waals surface area contributed by atoms with E-state index in [0.29, 0.717) is 0 Å². The molecular formula is C9H12ClN. The summed E-state index contributed by atoms with van der Waals surface area (Å²) >= 11 is 5.92. The Balaban J connectivity index is 2.93. The molecule has 1 aromatic rings. The number of benzene rings is 1. The van der Waals surface area contributed by atoms with Crippen LogP contribution in [0.2, 0.25) is 5.02 Å². The standard InChI is InChI=1S/C9H12ClN/c1-2-3-7-6-8(11)4-5-9(7)10/h4-6H,2-3,11H2,1H3. The van der Waals surface area contributed by atoms with Crippen LogP contribution in [0.1, 0.15) is 18.9 Å². The lowest BCUT2D eigenvalue weighted by atomic mass is 10.1. The first kappa shape index (κ1) is 8.41. The molecule has 0 bridgehead atoms. The van der Waals surface area contributed by atoms with Crippen LogP contribution >= 0.6 is 11.6 Å². The topological polar surface area (TPSA) is 26.0 Å². The zero-order valence-corrected chi connectivity index (χ0v) is 7.36. The zero-order chi connectivity index (χ0) is 8.27. The van der Waals surface area contributed by atoms with Gasteiger partial charge in [-0.25, -0.2) is 0 Å². The average Bonchev–Trinajstić information content (AvgIpc) is 1.98. The minimum Gasteiger partial charge on any atom is -0.399 e. The van der Waals surface area contributed by atoms with Crippen LogP contribution in [0.3, 0.4) is 0 Å². The fourth-order valence-electron chi connectivity index (χ4n) is 1.06. The average molecular weight is 170 g/mol. The van der Waals surface area contributed by atoms with Gasteiger partial charge in [-0.15, -0.1) is 0 Å². The third-order valence-electron chi connectivity index (χ3n) is 1.59. The second-order valence-corrected chi connectivity index (χ2v) is 3.01. The van der Waals surface area contributed by atoms with Gasteiger partial charge in [-0.05, 0) is 30.2 Å². The van der Waals surface area contributed by atoms with Crippen molar-refractivity contribution in [1.82, 2.24) is 0 Å². The van der Waals surface area contributed by atoms with Crippen molar-refractivity contribution in [2.75, 3.05) is 5.73 Å². The van der Waals surface area contributed by atoms with E-state index in [1.807, 2.05) is 18.2 Å². The fourth-order valence-corrected chi connectivity index (χ4v) is 1.27. The number of rotatable bonds is 2. The summed E-state index contributed by atoms with van der Waals surface area (Å²) in [4.78, 5) is 0. The van der Waals surface area contributed by atoms with E-state index in [4.69, 9.17) is 17.3 Å². The lowest BCUT2D eigenvalue weighted by molar-refractivity contribution is 0.922. The molecule has 1 rings (SSSR count). The van der Waals surface area contributed by atoms with Gasteiger partial charge in [0.2, 0.25) is 0 Å². The molecule has 0 aliphatic rings. The predicted molar refractivity (Wildman–Crippen MR) is 49.9 cm³/mol. The molecule has 0 aromatic heterocycles. The van der Waals surface area contributed by atoms with E-state index in [-0.39, 0.29) is 0 Å². The molecule has 1 aromatic carbocycles. The maximum absolute atomic E-state index is 5.92. The summed E-state index contributed by atoms with van der Waals surface area (Å²) in [7, 11) is 0. The van der Waals surface area contributed by atoms with E-state index in [1.165, 1.54) is 0 Å². The molecule has 0 atom stereocenters. The molecule has 1 nitrogen and oxygen atoms in total. The van der Waals surface area contributed by atoms with E-state index < -0.39 is 0 Å². The van der Waals surface area contributed by atoms with Crippen LogP contribution in [0.5, 0.6) is 0 Å². The van der Waals surface area contributed by atoms with E-state index in [2.05, 4.69) is 6.92 Å². The van der Waals surface area contributed by atoms with Crippen molar-refractivity contribution < 1.29 is 0 Å². The molecule has 0 radical (unpaired) electrons. The van der Waals surface area contributed by atoms with Gasteiger partial charge in [0.15, 0.2) is 0 Å². The summed E-state index contributed by atoms with van der Waals surface area (Å²) in [6.07, 6.45) is 2.10. The second kappa shape index (κ2) is 3.63. The number of anilines is 1.